The number of hydrogen-bond donors (Lipinski definition) is 1. The third-order valence-electron chi connectivity index (χ3n) is 10.1. The lowest BCUT2D eigenvalue weighted by atomic mass is 9.89. The number of nitrogens with zero attached hydrogens (tertiary/aromatic N) is 5. The number of rotatable bonds is 5. The number of carbonyl (C=O) groups is 2. The Morgan fingerprint density at radius 1 is 1.14 bits per heavy atom. The van der Waals surface area contributed by atoms with Crippen molar-refractivity contribution in [3.63, 3.8) is 0 Å². The maximum absolute atomic E-state index is 13.5. The smallest absolute Gasteiger partial charge is 0.249 e. The first-order chi connectivity index (χ1) is 20.4. The van der Waals surface area contributed by atoms with Gasteiger partial charge in [-0.2, -0.15) is 0 Å². The van der Waals surface area contributed by atoms with Crippen LogP contribution in [0.2, 0.25) is 0 Å². The highest BCUT2D eigenvalue weighted by atomic mass is 16.5. The highest BCUT2D eigenvalue weighted by Gasteiger charge is 2.44. The number of ether oxygens (including phenoxy) is 1. The molecule has 0 bridgehead atoms. The van der Waals surface area contributed by atoms with Crippen molar-refractivity contribution in [1.29, 1.82) is 0 Å². The minimum Gasteiger partial charge on any atom is -0.474 e. The number of nitrogens with one attached hydrogen (secondary N) is 1. The Kier molecular flexibility index (Phi) is 7.08. The summed E-state index contributed by atoms with van der Waals surface area (Å²) in [4.78, 5) is 40.1. The molecule has 5 aliphatic rings. The summed E-state index contributed by atoms with van der Waals surface area (Å²) in [6.45, 7) is 9.85. The number of fused-ring (bicyclic) bond motifs is 6. The van der Waals surface area contributed by atoms with Gasteiger partial charge in [0.25, 0.3) is 0 Å². The van der Waals surface area contributed by atoms with Crippen LogP contribution < -0.4 is 19.9 Å². The van der Waals surface area contributed by atoms with Crippen molar-refractivity contribution in [3.05, 3.63) is 53.2 Å². The largest absolute Gasteiger partial charge is 0.474 e. The molecule has 9 heteroatoms. The number of anilines is 3. The Morgan fingerprint density at radius 2 is 2.00 bits per heavy atom. The average Bonchev–Trinajstić information content (AvgIpc) is 3.42. The predicted molar refractivity (Wildman–Crippen MR) is 164 cm³/mol. The first-order valence-corrected chi connectivity index (χ1v) is 15.7. The molecule has 0 radical (unpaired) electrons. The summed E-state index contributed by atoms with van der Waals surface area (Å²) in [5.74, 6) is 0.267. The highest BCUT2D eigenvalue weighted by Crippen LogP contribution is 2.46. The summed E-state index contributed by atoms with van der Waals surface area (Å²) in [7, 11) is 2.15. The normalized spacial score (nSPS) is 25.2. The minimum atomic E-state index is -0.461. The number of aromatic nitrogens is 1. The van der Waals surface area contributed by atoms with E-state index in [1.807, 2.05) is 6.92 Å². The van der Waals surface area contributed by atoms with E-state index in [2.05, 4.69) is 51.8 Å². The molecule has 4 aliphatic heterocycles. The topological polar surface area (TPSA) is 81.2 Å². The molecule has 1 aromatic heterocycles. The van der Waals surface area contributed by atoms with Gasteiger partial charge in [-0.25, -0.2) is 4.98 Å². The van der Waals surface area contributed by atoms with Gasteiger partial charge in [0, 0.05) is 36.4 Å². The molecular formula is C33H42N6O3. The van der Waals surface area contributed by atoms with Crippen molar-refractivity contribution < 1.29 is 14.3 Å². The molecule has 9 nitrogen and oxygen atoms in total. The van der Waals surface area contributed by atoms with Crippen LogP contribution in [-0.2, 0) is 35.4 Å². The Balaban J connectivity index is 1.27. The number of likely N-dealkylation sites (tertiary alicyclic amines) is 1. The summed E-state index contributed by atoms with van der Waals surface area (Å²) in [6, 6.07) is 6.59. The SMILES string of the molecule is C=CC(=O)N1C[C@@H]2C(=O)Nc3c(OC[C@@H]4CCCN4C)nc4c(c3N2C[C@H]1C)CCN(c1cccc2c1CCCC2)C4. The number of benzene rings is 1. The van der Waals surface area contributed by atoms with Crippen LogP contribution >= 0.6 is 0 Å². The van der Waals surface area contributed by atoms with Crippen LogP contribution in [0.5, 0.6) is 5.88 Å². The Morgan fingerprint density at radius 3 is 2.81 bits per heavy atom. The zero-order chi connectivity index (χ0) is 29.0. The number of amides is 2. The van der Waals surface area contributed by atoms with E-state index in [4.69, 9.17) is 9.72 Å². The molecule has 0 unspecified atom stereocenters. The van der Waals surface area contributed by atoms with Gasteiger partial charge in [-0.3, -0.25) is 9.59 Å². The summed E-state index contributed by atoms with van der Waals surface area (Å²) in [6.07, 6.45) is 9.25. The van der Waals surface area contributed by atoms with Gasteiger partial charge in [0.05, 0.1) is 24.5 Å². The minimum absolute atomic E-state index is 0.0539. The lowest BCUT2D eigenvalue weighted by Crippen LogP contribution is -2.64. The van der Waals surface area contributed by atoms with Gasteiger partial charge in [-0.15, -0.1) is 0 Å². The first-order valence-electron chi connectivity index (χ1n) is 15.7. The molecule has 42 heavy (non-hydrogen) atoms. The van der Waals surface area contributed by atoms with E-state index < -0.39 is 6.04 Å². The standard InChI is InChI=1S/C33H42N6O3/c1-4-29(40)38-19-28-32(41)35-30-31(39(28)17-21(38)2)25-14-16-37(27-13-7-10-22-9-5-6-12-24(22)27)18-26(25)34-33(30)42-20-23-11-8-15-36(23)3/h4,7,10,13,21,23,28H,1,5-6,8-9,11-12,14-20H2,2-3H3,(H,35,41)/t21-,23+,28-/m1/s1. The summed E-state index contributed by atoms with van der Waals surface area (Å²) >= 11 is 0. The predicted octanol–water partition coefficient (Wildman–Crippen LogP) is 3.54. The monoisotopic (exact) mass is 570 g/mol. The van der Waals surface area contributed by atoms with E-state index in [9.17, 15) is 9.59 Å². The summed E-state index contributed by atoms with van der Waals surface area (Å²) in [5.41, 5.74) is 8.26. The third-order valence-corrected chi connectivity index (χ3v) is 10.1. The molecule has 0 spiro atoms. The van der Waals surface area contributed by atoms with Gasteiger partial charge in [-0.1, -0.05) is 18.7 Å². The van der Waals surface area contributed by atoms with E-state index >= 15 is 0 Å². The molecule has 1 aromatic carbocycles. The van der Waals surface area contributed by atoms with Crippen molar-refractivity contribution in [2.24, 2.45) is 0 Å². The van der Waals surface area contributed by atoms with Gasteiger partial charge >= 0.3 is 0 Å². The highest BCUT2D eigenvalue weighted by molar-refractivity contribution is 6.06. The van der Waals surface area contributed by atoms with Crippen molar-refractivity contribution in [2.45, 2.75) is 76.5 Å². The molecule has 2 saturated heterocycles. The molecule has 2 amide bonds. The number of piperazine rings is 1. The van der Waals surface area contributed by atoms with Crippen molar-refractivity contribution in [2.75, 3.05) is 55.0 Å². The molecule has 7 rings (SSSR count). The summed E-state index contributed by atoms with van der Waals surface area (Å²) < 4.78 is 6.50. The fraction of sp³-hybridized carbons (Fsp3) is 0.545. The molecule has 1 N–H and O–H groups in total. The van der Waals surface area contributed by atoms with Crippen LogP contribution in [0.25, 0.3) is 0 Å². The maximum atomic E-state index is 13.5. The quantitative estimate of drug-likeness (QED) is 0.551. The van der Waals surface area contributed by atoms with Crippen LogP contribution in [-0.4, -0.2) is 84.6 Å². The second-order valence-electron chi connectivity index (χ2n) is 12.6. The van der Waals surface area contributed by atoms with Crippen molar-refractivity contribution in [1.82, 2.24) is 14.8 Å². The molecule has 2 fully saturated rings. The van der Waals surface area contributed by atoms with Crippen molar-refractivity contribution >= 4 is 28.9 Å². The van der Waals surface area contributed by atoms with Crippen LogP contribution in [0.15, 0.2) is 30.9 Å². The van der Waals surface area contributed by atoms with E-state index in [-0.39, 0.29) is 17.9 Å². The molecule has 5 heterocycles. The first kappa shape index (κ1) is 27.3. The fourth-order valence-electron chi connectivity index (χ4n) is 7.77. The average molecular weight is 571 g/mol. The van der Waals surface area contributed by atoms with Gasteiger partial charge in [-0.05, 0) is 88.7 Å². The fourth-order valence-corrected chi connectivity index (χ4v) is 7.77. The molecule has 2 aromatic rings. The number of hydrogen-bond acceptors (Lipinski definition) is 7. The molecule has 222 valence electrons. The van der Waals surface area contributed by atoms with E-state index in [1.165, 1.54) is 47.7 Å². The second-order valence-corrected chi connectivity index (χ2v) is 12.6. The van der Waals surface area contributed by atoms with Crippen LogP contribution in [0.3, 0.4) is 0 Å². The maximum Gasteiger partial charge on any atom is 0.249 e. The second kappa shape index (κ2) is 10.9. The summed E-state index contributed by atoms with van der Waals surface area (Å²) in [5, 5.41) is 3.18. The van der Waals surface area contributed by atoms with Gasteiger partial charge in [0.15, 0.2) is 0 Å². The molecule has 0 saturated carbocycles. The van der Waals surface area contributed by atoms with E-state index in [0.717, 1.165) is 50.2 Å². The van der Waals surface area contributed by atoms with Crippen molar-refractivity contribution in [3.8, 4) is 5.88 Å². The number of likely N-dealkylation sites (N-methyl/N-ethyl adjacent to an activating group) is 1. The molecule has 3 atom stereocenters. The lowest BCUT2D eigenvalue weighted by molar-refractivity contribution is -0.130. The third kappa shape index (κ3) is 4.62. The van der Waals surface area contributed by atoms with Crippen LogP contribution in [0.4, 0.5) is 17.1 Å². The van der Waals surface area contributed by atoms with Gasteiger partial charge < -0.3 is 29.7 Å². The van der Waals surface area contributed by atoms with Gasteiger partial charge in [0.2, 0.25) is 17.7 Å². The molecule has 1 aliphatic carbocycles. The zero-order valence-corrected chi connectivity index (χ0v) is 24.9. The van der Waals surface area contributed by atoms with E-state index in [1.54, 1.807) is 4.90 Å². The zero-order valence-electron chi connectivity index (χ0n) is 24.9. The van der Waals surface area contributed by atoms with Gasteiger partial charge in [0.1, 0.15) is 18.3 Å². The number of carbonyl (C=O) groups excluding carboxylic acids is 2. The Labute approximate surface area is 248 Å². The Hall–Kier alpha value is -3.59. The molecular weight excluding hydrogens is 528 g/mol. The van der Waals surface area contributed by atoms with E-state index in [0.29, 0.717) is 43.9 Å². The van der Waals surface area contributed by atoms with Crippen LogP contribution in [0.1, 0.15) is 55.0 Å². The van der Waals surface area contributed by atoms with Crippen LogP contribution in [0, 0.1) is 0 Å². The Bertz CT molecular complexity index is 1420. The number of aryl methyl sites for hydroxylation is 1. The number of pyridine rings is 1. The lowest BCUT2D eigenvalue weighted by Gasteiger charge is -2.49.